The molecule has 3 aromatic heterocycles. The van der Waals surface area contributed by atoms with Gasteiger partial charge in [0.1, 0.15) is 6.04 Å². The molecule has 1 aliphatic heterocycles. The highest BCUT2D eigenvalue weighted by Crippen LogP contribution is 2.34. The Kier molecular flexibility index (Phi) is 4.35. The maximum Gasteiger partial charge on any atom is 0.256 e. The maximum absolute atomic E-state index is 13.5. The predicted octanol–water partition coefficient (Wildman–Crippen LogP) is 2.40. The second-order valence-electron chi connectivity index (χ2n) is 6.98. The third-order valence-corrected chi connectivity index (χ3v) is 4.91. The van der Waals surface area contributed by atoms with Crippen LogP contribution in [0.3, 0.4) is 0 Å². The van der Waals surface area contributed by atoms with Crippen LogP contribution in [0.5, 0.6) is 0 Å². The van der Waals surface area contributed by atoms with E-state index in [0.717, 1.165) is 17.1 Å². The topological polar surface area (TPSA) is 94.7 Å². The van der Waals surface area contributed by atoms with Gasteiger partial charge in [0.15, 0.2) is 0 Å². The molecule has 0 aliphatic carbocycles. The minimum absolute atomic E-state index is 0.0249. The molecule has 0 saturated heterocycles. The molecule has 1 atom stereocenters. The monoisotopic (exact) mass is 363 g/mol. The van der Waals surface area contributed by atoms with Gasteiger partial charge in [0.05, 0.1) is 23.3 Å². The Balaban J connectivity index is 1.81. The Hall–Kier alpha value is -3.22. The van der Waals surface area contributed by atoms with Crippen molar-refractivity contribution in [1.29, 1.82) is 0 Å². The number of aromatic amines is 2. The minimum Gasteiger partial charge on any atom is -0.348 e. The molecule has 0 bridgehead atoms. The minimum atomic E-state index is -0.361. The highest BCUT2D eigenvalue weighted by Gasteiger charge is 2.36. The van der Waals surface area contributed by atoms with Crippen LogP contribution in [0.1, 0.15) is 58.9 Å². The molecule has 0 fully saturated rings. The van der Waals surface area contributed by atoms with E-state index < -0.39 is 0 Å². The number of carbonyl (C=O) groups is 1. The third kappa shape index (κ3) is 3.05. The fourth-order valence-electron chi connectivity index (χ4n) is 3.62. The molecule has 2 N–H and O–H groups in total. The van der Waals surface area contributed by atoms with Crippen molar-refractivity contribution >= 4 is 5.91 Å². The summed E-state index contributed by atoms with van der Waals surface area (Å²) < 4.78 is 0. The normalized spacial score (nSPS) is 16.4. The third-order valence-electron chi connectivity index (χ3n) is 4.91. The van der Waals surface area contributed by atoms with Gasteiger partial charge < -0.3 is 14.9 Å². The van der Waals surface area contributed by atoms with E-state index >= 15 is 0 Å². The molecule has 0 aromatic carbocycles. The van der Waals surface area contributed by atoms with Gasteiger partial charge in [-0.2, -0.15) is 0 Å². The first-order valence-electron chi connectivity index (χ1n) is 9.03. The summed E-state index contributed by atoms with van der Waals surface area (Å²) in [6, 6.07) is 8.32. The van der Waals surface area contributed by atoms with Gasteiger partial charge in [-0.15, -0.1) is 0 Å². The average Bonchev–Trinajstić information content (AvgIpc) is 3.16. The van der Waals surface area contributed by atoms with E-state index in [9.17, 15) is 9.59 Å². The lowest BCUT2D eigenvalue weighted by Gasteiger charge is -2.35. The first-order chi connectivity index (χ1) is 13.1. The number of aromatic nitrogens is 4. The van der Waals surface area contributed by atoms with Crippen LogP contribution >= 0.6 is 0 Å². The zero-order valence-electron chi connectivity index (χ0n) is 15.3. The van der Waals surface area contributed by atoms with E-state index in [1.165, 1.54) is 6.07 Å². The van der Waals surface area contributed by atoms with Crippen LogP contribution in [0.4, 0.5) is 0 Å². The number of rotatable bonds is 3. The first kappa shape index (κ1) is 17.2. The van der Waals surface area contributed by atoms with Gasteiger partial charge in [-0.1, -0.05) is 19.9 Å². The fourth-order valence-corrected chi connectivity index (χ4v) is 3.62. The summed E-state index contributed by atoms with van der Waals surface area (Å²) in [5.74, 6) is -0.101. The van der Waals surface area contributed by atoms with Gasteiger partial charge in [-0.05, 0) is 24.1 Å². The Morgan fingerprint density at radius 3 is 2.81 bits per heavy atom. The van der Waals surface area contributed by atoms with Gasteiger partial charge in [0, 0.05) is 36.6 Å². The second kappa shape index (κ2) is 6.83. The summed E-state index contributed by atoms with van der Waals surface area (Å²) >= 11 is 0. The summed E-state index contributed by atoms with van der Waals surface area (Å²) in [7, 11) is 0. The van der Waals surface area contributed by atoms with Crippen molar-refractivity contribution < 1.29 is 4.79 Å². The number of amides is 1. The number of imidazole rings is 1. The molecule has 4 heterocycles. The van der Waals surface area contributed by atoms with E-state index in [1.807, 2.05) is 32.0 Å². The van der Waals surface area contributed by atoms with Crippen LogP contribution < -0.4 is 5.56 Å². The Morgan fingerprint density at radius 2 is 2.07 bits per heavy atom. The summed E-state index contributed by atoms with van der Waals surface area (Å²) in [4.78, 5) is 42.0. The molecule has 0 spiro atoms. The summed E-state index contributed by atoms with van der Waals surface area (Å²) in [5, 5.41) is 0. The number of fused-ring (bicyclic) bond motifs is 1. The molecule has 1 aliphatic rings. The molecule has 1 amide bonds. The van der Waals surface area contributed by atoms with Crippen molar-refractivity contribution in [2.75, 3.05) is 6.54 Å². The molecule has 4 rings (SSSR count). The summed E-state index contributed by atoms with van der Waals surface area (Å²) in [6.45, 7) is 4.46. The zero-order valence-corrected chi connectivity index (χ0v) is 15.3. The number of hydrogen-bond donors (Lipinski definition) is 2. The largest absolute Gasteiger partial charge is 0.348 e. The zero-order chi connectivity index (χ0) is 19.0. The lowest BCUT2D eigenvalue weighted by Crippen LogP contribution is -2.41. The molecule has 0 saturated carbocycles. The highest BCUT2D eigenvalue weighted by atomic mass is 16.2. The average molecular weight is 363 g/mol. The molecular formula is C20H21N5O2. The lowest BCUT2D eigenvalue weighted by atomic mass is 9.96. The molecular weight excluding hydrogens is 342 g/mol. The van der Waals surface area contributed by atoms with Crippen LogP contribution in [0.25, 0.3) is 0 Å². The number of carbonyl (C=O) groups excluding carboxylic acids is 1. The van der Waals surface area contributed by atoms with Gasteiger partial charge in [-0.3, -0.25) is 14.6 Å². The van der Waals surface area contributed by atoms with Gasteiger partial charge in [0.2, 0.25) is 5.56 Å². The quantitative estimate of drug-likeness (QED) is 0.747. The van der Waals surface area contributed by atoms with Gasteiger partial charge in [0.25, 0.3) is 5.91 Å². The van der Waals surface area contributed by atoms with Crippen LogP contribution in [0.15, 0.2) is 47.7 Å². The van der Waals surface area contributed by atoms with Crippen LogP contribution in [-0.2, 0) is 6.42 Å². The highest BCUT2D eigenvalue weighted by molar-refractivity contribution is 5.96. The van der Waals surface area contributed by atoms with Crippen LogP contribution in [0, 0.1) is 0 Å². The number of nitrogens with zero attached hydrogens (tertiary/aromatic N) is 3. The van der Waals surface area contributed by atoms with E-state index in [2.05, 4.69) is 19.9 Å². The molecule has 1 unspecified atom stereocenters. The standard InChI is InChI=1S/C20H21N5O2/c1-12(2)17-13(6-7-16(26)24-17)20(27)25-10-8-14-18(23-11-22-14)19(25)15-5-3-4-9-21-15/h3-7,9,11-12,19H,8,10H2,1-2H3,(H,22,23)(H,24,26). The smallest absolute Gasteiger partial charge is 0.256 e. The number of nitrogens with one attached hydrogen (secondary N) is 2. The van der Waals surface area contributed by atoms with E-state index in [0.29, 0.717) is 24.2 Å². The SMILES string of the molecule is CC(C)c1[nH]c(=O)ccc1C(=O)N1CCc2[nH]cnc2C1c1ccccn1. The van der Waals surface area contributed by atoms with Crippen molar-refractivity contribution in [3.8, 4) is 0 Å². The lowest BCUT2D eigenvalue weighted by molar-refractivity contribution is 0.0685. The summed E-state index contributed by atoms with van der Waals surface area (Å²) in [6.07, 6.45) is 4.08. The Morgan fingerprint density at radius 1 is 1.22 bits per heavy atom. The number of hydrogen-bond acceptors (Lipinski definition) is 4. The van der Waals surface area contributed by atoms with Crippen molar-refractivity contribution in [3.63, 3.8) is 0 Å². The maximum atomic E-state index is 13.5. The van der Waals surface area contributed by atoms with E-state index in [-0.39, 0.29) is 23.4 Å². The Bertz CT molecular complexity index is 1020. The van der Waals surface area contributed by atoms with Crippen molar-refractivity contribution in [2.24, 2.45) is 0 Å². The first-order valence-corrected chi connectivity index (χ1v) is 9.03. The van der Waals surface area contributed by atoms with Crippen LogP contribution in [-0.4, -0.2) is 37.3 Å². The second-order valence-corrected chi connectivity index (χ2v) is 6.98. The molecule has 7 heteroatoms. The van der Waals surface area contributed by atoms with E-state index in [4.69, 9.17) is 0 Å². The van der Waals surface area contributed by atoms with Gasteiger partial charge >= 0.3 is 0 Å². The Labute approximate surface area is 156 Å². The molecule has 3 aromatic rings. The van der Waals surface area contributed by atoms with Crippen LogP contribution in [0.2, 0.25) is 0 Å². The number of pyridine rings is 2. The molecule has 0 radical (unpaired) electrons. The predicted molar refractivity (Wildman–Crippen MR) is 101 cm³/mol. The molecule has 138 valence electrons. The molecule has 27 heavy (non-hydrogen) atoms. The van der Waals surface area contributed by atoms with Crippen molar-refractivity contribution in [1.82, 2.24) is 24.8 Å². The fraction of sp³-hybridized carbons (Fsp3) is 0.300. The molecule has 7 nitrogen and oxygen atoms in total. The summed E-state index contributed by atoms with van der Waals surface area (Å²) in [5.41, 5.74) is 3.59. The van der Waals surface area contributed by atoms with Crippen molar-refractivity contribution in [2.45, 2.75) is 32.2 Å². The van der Waals surface area contributed by atoms with E-state index in [1.54, 1.807) is 23.5 Å². The van der Waals surface area contributed by atoms with Crippen molar-refractivity contribution in [3.05, 3.63) is 81.5 Å². The number of H-pyrrole nitrogens is 2. The van der Waals surface area contributed by atoms with Gasteiger partial charge in [-0.25, -0.2) is 4.98 Å².